The molecular weight excluding hydrogens is 116 g/mol. The molecule has 0 saturated heterocycles. The van der Waals surface area contributed by atoms with Crippen molar-refractivity contribution in [1.29, 1.82) is 0 Å². The van der Waals surface area contributed by atoms with Gasteiger partial charge >= 0.3 is 0 Å². The third kappa shape index (κ3) is 5.37. The number of hydrogen-bond acceptors (Lipinski definition) is 2. The van der Waals surface area contributed by atoms with Crippen molar-refractivity contribution in [2.24, 2.45) is 0 Å². The molecule has 0 spiro atoms. The average Bonchev–Trinajstić information content (AvgIpc) is 1.63. The lowest BCUT2D eigenvalue weighted by atomic mass is 10.5. The molecule has 9 heavy (non-hydrogen) atoms. The van der Waals surface area contributed by atoms with E-state index in [2.05, 4.69) is 6.58 Å². The lowest BCUT2D eigenvalue weighted by Gasteiger charge is -2.13. The van der Waals surface area contributed by atoms with E-state index in [1.807, 2.05) is 20.8 Å². The standard InChI is InChI=1S/C7H13O2/c1-5-8-7(4)9-6(2)3/h5,7H,1H2,2-4H3. The Hall–Kier alpha value is -0.500. The molecule has 0 aliphatic carbocycles. The van der Waals surface area contributed by atoms with Gasteiger partial charge in [0.1, 0.15) is 0 Å². The molecule has 53 valence electrons. The van der Waals surface area contributed by atoms with Gasteiger partial charge in [-0.05, 0) is 20.8 Å². The topological polar surface area (TPSA) is 18.5 Å². The fraction of sp³-hybridized carbons (Fsp3) is 0.571. The maximum atomic E-state index is 5.11. The van der Waals surface area contributed by atoms with Crippen LogP contribution < -0.4 is 0 Å². The van der Waals surface area contributed by atoms with E-state index >= 15 is 0 Å². The lowest BCUT2D eigenvalue weighted by Crippen LogP contribution is -2.10. The van der Waals surface area contributed by atoms with Crippen molar-refractivity contribution in [1.82, 2.24) is 0 Å². The Morgan fingerprint density at radius 3 is 2.44 bits per heavy atom. The Morgan fingerprint density at radius 1 is 1.56 bits per heavy atom. The van der Waals surface area contributed by atoms with Crippen LogP contribution in [0.2, 0.25) is 0 Å². The van der Waals surface area contributed by atoms with Crippen LogP contribution in [0.5, 0.6) is 0 Å². The van der Waals surface area contributed by atoms with Gasteiger partial charge < -0.3 is 9.47 Å². The quantitative estimate of drug-likeness (QED) is 0.427. The molecule has 0 aromatic rings. The molecule has 0 rings (SSSR count). The zero-order chi connectivity index (χ0) is 7.28. The minimum Gasteiger partial charge on any atom is -0.473 e. The normalized spacial score (nSPS) is 13.3. The second-order valence-electron chi connectivity index (χ2n) is 1.90. The van der Waals surface area contributed by atoms with Crippen molar-refractivity contribution < 1.29 is 9.47 Å². The molecule has 0 aliphatic heterocycles. The van der Waals surface area contributed by atoms with Gasteiger partial charge in [0.15, 0.2) is 6.29 Å². The van der Waals surface area contributed by atoms with E-state index in [0.29, 0.717) is 0 Å². The summed E-state index contributed by atoms with van der Waals surface area (Å²) < 4.78 is 9.99. The van der Waals surface area contributed by atoms with Gasteiger partial charge in [-0.3, -0.25) is 0 Å². The lowest BCUT2D eigenvalue weighted by molar-refractivity contribution is -0.0815. The van der Waals surface area contributed by atoms with Crippen molar-refractivity contribution in [2.75, 3.05) is 0 Å². The average molecular weight is 129 g/mol. The molecule has 0 aromatic heterocycles. The van der Waals surface area contributed by atoms with Crippen LogP contribution in [-0.4, -0.2) is 6.29 Å². The summed E-state index contributed by atoms with van der Waals surface area (Å²) in [6, 6.07) is 0. The predicted molar refractivity (Wildman–Crippen MR) is 36.4 cm³/mol. The van der Waals surface area contributed by atoms with Crippen molar-refractivity contribution in [3.8, 4) is 0 Å². The van der Waals surface area contributed by atoms with Crippen LogP contribution in [0, 0.1) is 6.10 Å². The highest BCUT2D eigenvalue weighted by atomic mass is 16.7. The Labute approximate surface area is 56.5 Å². The Bertz CT molecular complexity index is 79.0. The summed E-state index contributed by atoms with van der Waals surface area (Å²) >= 11 is 0. The SMILES string of the molecule is C=COC(C)O[C](C)C. The third-order valence-corrected chi connectivity index (χ3v) is 0.690. The van der Waals surface area contributed by atoms with E-state index in [4.69, 9.17) is 9.47 Å². The smallest absolute Gasteiger partial charge is 0.196 e. The zero-order valence-electron chi connectivity index (χ0n) is 6.18. The van der Waals surface area contributed by atoms with Gasteiger partial charge in [-0.25, -0.2) is 0 Å². The first-order valence-corrected chi connectivity index (χ1v) is 2.90. The van der Waals surface area contributed by atoms with E-state index in [-0.39, 0.29) is 6.29 Å². The molecule has 1 unspecified atom stereocenters. The minimum absolute atomic E-state index is 0.215. The fourth-order valence-electron chi connectivity index (χ4n) is 0.495. The second kappa shape index (κ2) is 4.39. The van der Waals surface area contributed by atoms with Crippen LogP contribution >= 0.6 is 0 Å². The second-order valence-corrected chi connectivity index (χ2v) is 1.90. The van der Waals surface area contributed by atoms with Gasteiger partial charge in [0.2, 0.25) is 0 Å². The fourth-order valence-corrected chi connectivity index (χ4v) is 0.495. The summed E-state index contributed by atoms with van der Waals surface area (Å²) in [5.41, 5.74) is 0. The van der Waals surface area contributed by atoms with Gasteiger partial charge in [-0.2, -0.15) is 0 Å². The Morgan fingerprint density at radius 2 is 2.11 bits per heavy atom. The van der Waals surface area contributed by atoms with E-state index in [1.54, 1.807) is 0 Å². The molecule has 2 nitrogen and oxygen atoms in total. The van der Waals surface area contributed by atoms with Gasteiger partial charge in [0.05, 0.1) is 12.4 Å². The van der Waals surface area contributed by atoms with Crippen LogP contribution in [0.15, 0.2) is 12.8 Å². The molecule has 0 fully saturated rings. The Balaban J connectivity index is 3.25. The molecule has 1 atom stereocenters. The molecule has 0 aliphatic rings. The van der Waals surface area contributed by atoms with Crippen LogP contribution in [0.4, 0.5) is 0 Å². The Kier molecular flexibility index (Phi) is 4.14. The van der Waals surface area contributed by atoms with Gasteiger partial charge in [-0.1, -0.05) is 6.58 Å². The van der Waals surface area contributed by atoms with Crippen molar-refractivity contribution in [3.63, 3.8) is 0 Å². The number of ether oxygens (including phenoxy) is 2. The first-order chi connectivity index (χ1) is 4.16. The highest BCUT2D eigenvalue weighted by Crippen LogP contribution is 2.03. The summed E-state index contributed by atoms with van der Waals surface area (Å²) in [5.74, 6) is 0. The maximum Gasteiger partial charge on any atom is 0.196 e. The molecule has 0 aromatic carbocycles. The van der Waals surface area contributed by atoms with E-state index in [1.165, 1.54) is 6.26 Å². The molecular formula is C7H13O2. The van der Waals surface area contributed by atoms with Crippen LogP contribution in [-0.2, 0) is 9.47 Å². The maximum absolute atomic E-state index is 5.11. The van der Waals surface area contributed by atoms with E-state index < -0.39 is 0 Å². The van der Waals surface area contributed by atoms with Gasteiger partial charge in [-0.15, -0.1) is 0 Å². The van der Waals surface area contributed by atoms with E-state index in [9.17, 15) is 0 Å². The van der Waals surface area contributed by atoms with Crippen molar-refractivity contribution >= 4 is 0 Å². The highest BCUT2D eigenvalue weighted by Gasteiger charge is 2.01. The summed E-state index contributed by atoms with van der Waals surface area (Å²) in [6.45, 7) is 8.97. The van der Waals surface area contributed by atoms with Crippen molar-refractivity contribution in [2.45, 2.75) is 27.1 Å². The minimum atomic E-state index is -0.215. The van der Waals surface area contributed by atoms with Gasteiger partial charge in [0, 0.05) is 0 Å². The molecule has 0 heterocycles. The molecule has 2 heteroatoms. The zero-order valence-corrected chi connectivity index (χ0v) is 6.18. The van der Waals surface area contributed by atoms with Crippen molar-refractivity contribution in [3.05, 3.63) is 18.9 Å². The van der Waals surface area contributed by atoms with Gasteiger partial charge in [0.25, 0.3) is 0 Å². The summed E-state index contributed by atoms with van der Waals surface area (Å²) in [4.78, 5) is 0. The molecule has 0 bridgehead atoms. The summed E-state index contributed by atoms with van der Waals surface area (Å²) in [6.07, 6.45) is 2.05. The summed E-state index contributed by atoms with van der Waals surface area (Å²) in [5, 5.41) is 0. The van der Waals surface area contributed by atoms with Crippen LogP contribution in [0.25, 0.3) is 0 Å². The number of hydrogen-bond donors (Lipinski definition) is 0. The third-order valence-electron chi connectivity index (χ3n) is 0.690. The van der Waals surface area contributed by atoms with Crippen LogP contribution in [0.3, 0.4) is 0 Å². The highest BCUT2D eigenvalue weighted by molar-refractivity contribution is 4.61. The predicted octanol–water partition coefficient (Wildman–Crippen LogP) is 2.08. The first kappa shape index (κ1) is 8.50. The van der Waals surface area contributed by atoms with Crippen LogP contribution in [0.1, 0.15) is 20.8 Å². The molecule has 1 radical (unpaired) electrons. The van der Waals surface area contributed by atoms with E-state index in [0.717, 1.165) is 6.10 Å². The summed E-state index contributed by atoms with van der Waals surface area (Å²) in [7, 11) is 0. The first-order valence-electron chi connectivity index (χ1n) is 2.90. The molecule has 0 amide bonds. The molecule has 0 saturated carbocycles. The largest absolute Gasteiger partial charge is 0.473 e. The molecule has 0 N–H and O–H groups in total. The monoisotopic (exact) mass is 129 g/mol. The number of rotatable bonds is 4.